The second-order valence-corrected chi connectivity index (χ2v) is 8.05. The fourth-order valence-electron chi connectivity index (χ4n) is 4.65. The first-order valence-corrected chi connectivity index (χ1v) is 10.8. The smallest absolute Gasteiger partial charge is 0.128 e. The topological polar surface area (TPSA) is 33.6 Å². The maximum atomic E-state index is 5.72. The van der Waals surface area contributed by atoms with Gasteiger partial charge in [-0.05, 0) is 53.8 Å². The van der Waals surface area contributed by atoms with Gasteiger partial charge in [-0.2, -0.15) is 0 Å². The number of fused-ring (bicyclic) bond motifs is 3. The molecule has 3 aromatic carbocycles. The van der Waals surface area contributed by atoms with Crippen molar-refractivity contribution in [2.45, 2.75) is 18.4 Å². The van der Waals surface area contributed by atoms with E-state index in [1.807, 2.05) is 30.5 Å². The summed E-state index contributed by atoms with van der Waals surface area (Å²) in [6.07, 6.45) is 9.42. The van der Waals surface area contributed by atoms with Gasteiger partial charge in [0.1, 0.15) is 12.4 Å². The van der Waals surface area contributed by atoms with Crippen LogP contribution in [0.5, 0.6) is 5.75 Å². The molecular weight excluding hydrogens is 380 g/mol. The molecule has 31 heavy (non-hydrogen) atoms. The third kappa shape index (κ3) is 3.91. The van der Waals surface area contributed by atoms with E-state index in [0.29, 0.717) is 24.5 Å². The molecule has 0 amide bonds. The lowest BCUT2D eigenvalue weighted by atomic mass is 9.77. The van der Waals surface area contributed by atoms with Gasteiger partial charge in [0.2, 0.25) is 0 Å². The highest BCUT2D eigenvalue weighted by atomic mass is 16.5. The normalized spacial score (nSPS) is 21.4. The quantitative estimate of drug-likeness (QED) is 0.360. The Balaban J connectivity index is 1.35. The monoisotopic (exact) mass is 406 g/mol. The van der Waals surface area contributed by atoms with Crippen molar-refractivity contribution in [3.8, 4) is 5.75 Å². The van der Waals surface area contributed by atoms with Gasteiger partial charge in [-0.1, -0.05) is 67.3 Å². The first-order chi connectivity index (χ1) is 15.3. The molecule has 0 saturated heterocycles. The van der Waals surface area contributed by atoms with E-state index in [9.17, 15) is 0 Å². The van der Waals surface area contributed by atoms with E-state index < -0.39 is 0 Å². The zero-order valence-electron chi connectivity index (χ0n) is 17.4. The maximum Gasteiger partial charge on any atom is 0.128 e. The molecule has 3 nitrogen and oxygen atoms in total. The first kappa shape index (κ1) is 19.4. The van der Waals surface area contributed by atoms with E-state index in [1.54, 1.807) is 6.08 Å². The van der Waals surface area contributed by atoms with E-state index in [2.05, 4.69) is 77.6 Å². The number of hydrogen-bond acceptors (Lipinski definition) is 3. The summed E-state index contributed by atoms with van der Waals surface area (Å²) in [5.41, 5.74) is 5.86. The predicted octanol–water partition coefficient (Wildman–Crippen LogP) is 6.83. The number of nitrogens with one attached hydrogen (secondary N) is 1. The third-order valence-electron chi connectivity index (χ3n) is 6.15. The number of ether oxygens (including phenoxy) is 1. The van der Waals surface area contributed by atoms with Crippen LogP contribution in [0.15, 0.2) is 103 Å². The van der Waals surface area contributed by atoms with Gasteiger partial charge in [0.25, 0.3) is 0 Å². The van der Waals surface area contributed by atoms with Crippen LogP contribution in [0.4, 0.5) is 11.4 Å². The highest BCUT2D eigenvalue weighted by Gasteiger charge is 2.37. The fraction of sp³-hybridized carbons (Fsp3) is 0.179. The van der Waals surface area contributed by atoms with Gasteiger partial charge in [-0.25, -0.2) is 0 Å². The van der Waals surface area contributed by atoms with E-state index in [-0.39, 0.29) is 0 Å². The van der Waals surface area contributed by atoms with Gasteiger partial charge in [0.05, 0.1) is 11.7 Å². The molecule has 0 saturated carbocycles. The first-order valence-electron chi connectivity index (χ1n) is 10.8. The molecule has 5 rings (SSSR count). The van der Waals surface area contributed by atoms with Crippen molar-refractivity contribution in [1.82, 2.24) is 0 Å². The lowest BCUT2D eigenvalue weighted by Crippen LogP contribution is -2.28. The van der Waals surface area contributed by atoms with Crippen LogP contribution in [-0.4, -0.2) is 12.8 Å². The third-order valence-corrected chi connectivity index (χ3v) is 6.15. The molecule has 3 aromatic rings. The summed E-state index contributed by atoms with van der Waals surface area (Å²) in [7, 11) is 0. The van der Waals surface area contributed by atoms with Crippen LogP contribution >= 0.6 is 0 Å². The number of aliphatic imine (C=N–C) groups is 1. The van der Waals surface area contributed by atoms with Gasteiger partial charge in [-0.3, -0.25) is 4.99 Å². The standard InChI is InChI=1S/C28H26N2O/c1-2-18-31-27-13-6-3-8-21(27)19-29-22-16-14-20(15-17-22)28-25-11-7-10-23(25)24-9-4-5-12-26(24)30-28/h2-10,12-17,19,23,25,28,30H,1,11,18H2/t23-,25+,28+/m1/s1. The van der Waals surface area contributed by atoms with Gasteiger partial charge in [0, 0.05) is 23.4 Å². The maximum absolute atomic E-state index is 5.72. The lowest BCUT2D eigenvalue weighted by Gasteiger charge is -2.37. The molecule has 0 bridgehead atoms. The second-order valence-electron chi connectivity index (χ2n) is 8.05. The van der Waals surface area contributed by atoms with Crippen molar-refractivity contribution in [3.63, 3.8) is 0 Å². The van der Waals surface area contributed by atoms with E-state index in [4.69, 9.17) is 4.74 Å². The Kier molecular flexibility index (Phi) is 5.40. The average Bonchev–Trinajstić information content (AvgIpc) is 3.32. The Hall–Kier alpha value is -3.59. The van der Waals surface area contributed by atoms with Crippen molar-refractivity contribution in [2.75, 3.05) is 11.9 Å². The Morgan fingerprint density at radius 1 is 1.00 bits per heavy atom. The Morgan fingerprint density at radius 2 is 1.81 bits per heavy atom. The van der Waals surface area contributed by atoms with E-state index >= 15 is 0 Å². The Labute approximate surface area is 183 Å². The molecule has 3 heteroatoms. The van der Waals surface area contributed by atoms with Crippen LogP contribution in [0.25, 0.3) is 0 Å². The zero-order chi connectivity index (χ0) is 21.0. The van der Waals surface area contributed by atoms with Crippen molar-refractivity contribution in [3.05, 3.63) is 114 Å². The summed E-state index contributed by atoms with van der Waals surface area (Å²) in [6.45, 7) is 4.19. The van der Waals surface area contributed by atoms with Gasteiger partial charge in [-0.15, -0.1) is 0 Å². The van der Waals surface area contributed by atoms with Crippen LogP contribution in [0, 0.1) is 5.92 Å². The number of nitrogens with zero attached hydrogens (tertiary/aromatic N) is 1. The van der Waals surface area contributed by atoms with Crippen LogP contribution < -0.4 is 10.1 Å². The number of allylic oxidation sites excluding steroid dienone is 2. The van der Waals surface area contributed by atoms with Crippen molar-refractivity contribution in [1.29, 1.82) is 0 Å². The van der Waals surface area contributed by atoms with Crippen LogP contribution in [0.1, 0.15) is 35.1 Å². The lowest BCUT2D eigenvalue weighted by molar-refractivity contribution is 0.363. The number of rotatable bonds is 6. The molecule has 3 atom stereocenters. The number of para-hydroxylation sites is 2. The summed E-state index contributed by atoms with van der Waals surface area (Å²) in [6, 6.07) is 25.5. The molecule has 1 N–H and O–H groups in total. The molecular formula is C28H26N2O. The molecule has 1 aliphatic heterocycles. The molecule has 1 aliphatic carbocycles. The molecule has 2 aliphatic rings. The summed E-state index contributed by atoms with van der Waals surface area (Å²) in [5, 5.41) is 3.79. The molecule has 154 valence electrons. The van der Waals surface area contributed by atoms with Gasteiger partial charge < -0.3 is 10.1 Å². The van der Waals surface area contributed by atoms with Crippen LogP contribution in [0.3, 0.4) is 0 Å². The van der Waals surface area contributed by atoms with Gasteiger partial charge >= 0.3 is 0 Å². The van der Waals surface area contributed by atoms with E-state index in [0.717, 1.165) is 23.4 Å². The van der Waals surface area contributed by atoms with Crippen molar-refractivity contribution < 1.29 is 4.74 Å². The second kappa shape index (κ2) is 8.65. The van der Waals surface area contributed by atoms with Gasteiger partial charge in [0.15, 0.2) is 0 Å². The van der Waals surface area contributed by atoms with Crippen LogP contribution in [0.2, 0.25) is 0 Å². The number of anilines is 1. The number of benzene rings is 3. The average molecular weight is 407 g/mol. The van der Waals surface area contributed by atoms with E-state index in [1.165, 1.54) is 16.8 Å². The summed E-state index contributed by atoms with van der Waals surface area (Å²) in [4.78, 5) is 4.67. The molecule has 0 spiro atoms. The minimum atomic E-state index is 0.306. The summed E-state index contributed by atoms with van der Waals surface area (Å²) >= 11 is 0. The summed E-state index contributed by atoms with van der Waals surface area (Å²) in [5.74, 6) is 1.86. The minimum absolute atomic E-state index is 0.306. The van der Waals surface area contributed by atoms with Crippen molar-refractivity contribution in [2.24, 2.45) is 10.9 Å². The summed E-state index contributed by atoms with van der Waals surface area (Å²) < 4.78 is 5.72. The molecule has 1 heterocycles. The number of hydrogen-bond donors (Lipinski definition) is 1. The molecule has 0 fully saturated rings. The molecule has 0 radical (unpaired) electrons. The zero-order valence-corrected chi connectivity index (χ0v) is 17.4. The minimum Gasteiger partial charge on any atom is -0.489 e. The Bertz CT molecular complexity index is 1130. The highest BCUT2D eigenvalue weighted by molar-refractivity contribution is 5.85. The molecule has 0 aromatic heterocycles. The SMILES string of the molecule is C=CCOc1ccccc1C=Nc1ccc([C@@H]2Nc3ccccc3[C@H]3C=CC[C@@H]32)cc1. The fourth-order valence-corrected chi connectivity index (χ4v) is 4.65. The highest BCUT2D eigenvalue weighted by Crippen LogP contribution is 2.49. The largest absolute Gasteiger partial charge is 0.489 e. The molecule has 0 unspecified atom stereocenters. The van der Waals surface area contributed by atoms with Crippen molar-refractivity contribution >= 4 is 17.6 Å². The van der Waals surface area contributed by atoms with Crippen LogP contribution in [-0.2, 0) is 0 Å². The predicted molar refractivity (Wildman–Crippen MR) is 129 cm³/mol. The Morgan fingerprint density at radius 3 is 2.68 bits per heavy atom.